The number of carbonyl (C=O) groups excluding carboxylic acids is 3. The molecule has 0 radical (unpaired) electrons. The molecule has 192 valence electrons. The number of likely N-dealkylation sites (tertiary alicyclic amines) is 1. The highest BCUT2D eigenvalue weighted by molar-refractivity contribution is 9.09. The van der Waals surface area contributed by atoms with Gasteiger partial charge in [0.2, 0.25) is 11.8 Å². The first-order valence-corrected chi connectivity index (χ1v) is 14.0. The maximum Gasteiger partial charge on any atom is 0.310 e. The number of methoxy groups -OCH3 is 1. The second-order valence-corrected chi connectivity index (χ2v) is 12.0. The standard InChI is InChI=1S/C25H33BrN2O6S/c1-3-34-24(32)18-19-23(31)28(12-6-4-5-7-13-29)21(25(19)14-17(26)20(18)35-25)22(30)27-15-8-10-16(33-2)11-9-15/h8-11,17-21,29H,3-7,12-14H2,1-2H3,(H,27,30)/t17?,18-,19+,20-,21?,25?/m1/s1. The van der Waals surface area contributed by atoms with E-state index in [0.717, 1.165) is 25.7 Å². The molecule has 2 N–H and O–H groups in total. The molecule has 6 atom stereocenters. The van der Waals surface area contributed by atoms with E-state index in [1.165, 1.54) is 0 Å². The van der Waals surface area contributed by atoms with Crippen LogP contribution in [0.15, 0.2) is 24.3 Å². The summed E-state index contributed by atoms with van der Waals surface area (Å²) < 4.78 is 9.89. The number of benzene rings is 1. The van der Waals surface area contributed by atoms with Gasteiger partial charge in [-0.3, -0.25) is 14.4 Å². The summed E-state index contributed by atoms with van der Waals surface area (Å²) in [5.74, 6) is -1.18. The lowest BCUT2D eigenvalue weighted by Crippen LogP contribution is -2.52. The molecular weight excluding hydrogens is 536 g/mol. The molecule has 1 aromatic carbocycles. The molecule has 1 aromatic rings. The number of hydrogen-bond acceptors (Lipinski definition) is 7. The molecule has 3 aliphatic heterocycles. The highest BCUT2D eigenvalue weighted by Gasteiger charge is 2.75. The summed E-state index contributed by atoms with van der Waals surface area (Å²) in [6, 6.07) is 6.41. The number of rotatable bonds is 11. The van der Waals surface area contributed by atoms with Crippen LogP contribution in [0.25, 0.3) is 0 Å². The van der Waals surface area contributed by atoms with Crippen molar-refractivity contribution in [2.45, 2.75) is 59.9 Å². The van der Waals surface area contributed by atoms with E-state index in [1.54, 1.807) is 55.0 Å². The van der Waals surface area contributed by atoms with E-state index in [9.17, 15) is 14.4 Å². The van der Waals surface area contributed by atoms with Crippen LogP contribution < -0.4 is 10.1 Å². The van der Waals surface area contributed by atoms with Crippen molar-refractivity contribution < 1.29 is 29.0 Å². The first kappa shape index (κ1) is 26.3. The van der Waals surface area contributed by atoms with Gasteiger partial charge >= 0.3 is 5.97 Å². The number of aliphatic hydroxyl groups is 1. The molecule has 3 heterocycles. The molecule has 3 saturated heterocycles. The molecule has 0 saturated carbocycles. The van der Waals surface area contributed by atoms with Crippen LogP contribution in [0, 0.1) is 11.8 Å². The fourth-order valence-electron chi connectivity index (χ4n) is 5.81. The number of anilines is 1. The lowest BCUT2D eigenvalue weighted by Gasteiger charge is -2.35. The highest BCUT2D eigenvalue weighted by atomic mass is 79.9. The van der Waals surface area contributed by atoms with Gasteiger partial charge in [-0.1, -0.05) is 28.8 Å². The zero-order chi connectivity index (χ0) is 25.2. The van der Waals surface area contributed by atoms with Crippen molar-refractivity contribution in [3.63, 3.8) is 0 Å². The molecule has 2 amide bonds. The molecular formula is C25H33BrN2O6S. The maximum atomic E-state index is 13.8. The van der Waals surface area contributed by atoms with Crippen LogP contribution in [0.5, 0.6) is 5.75 Å². The zero-order valence-electron chi connectivity index (χ0n) is 20.1. The Morgan fingerprint density at radius 3 is 2.60 bits per heavy atom. The van der Waals surface area contributed by atoms with Crippen molar-refractivity contribution in [1.82, 2.24) is 4.90 Å². The summed E-state index contributed by atoms with van der Waals surface area (Å²) in [5.41, 5.74) is 0.626. The first-order valence-electron chi connectivity index (χ1n) is 12.2. The summed E-state index contributed by atoms with van der Waals surface area (Å²) in [7, 11) is 1.58. The van der Waals surface area contributed by atoms with Gasteiger partial charge in [0.25, 0.3) is 0 Å². The van der Waals surface area contributed by atoms with E-state index in [1.807, 2.05) is 0 Å². The third-order valence-corrected chi connectivity index (χ3v) is 10.5. The second-order valence-electron chi connectivity index (χ2n) is 9.30. The largest absolute Gasteiger partial charge is 0.497 e. The highest BCUT2D eigenvalue weighted by Crippen LogP contribution is 2.67. The summed E-state index contributed by atoms with van der Waals surface area (Å²) in [6.45, 7) is 2.60. The van der Waals surface area contributed by atoms with Gasteiger partial charge < -0.3 is 24.8 Å². The molecule has 3 aliphatic rings. The van der Waals surface area contributed by atoms with Gasteiger partial charge in [0.1, 0.15) is 11.8 Å². The Labute approximate surface area is 218 Å². The smallest absolute Gasteiger partial charge is 0.310 e. The minimum atomic E-state index is -0.686. The van der Waals surface area contributed by atoms with Crippen LogP contribution in [-0.2, 0) is 19.1 Å². The molecule has 0 aromatic heterocycles. The third kappa shape index (κ3) is 4.81. The Kier molecular flexibility index (Phi) is 8.33. The zero-order valence-corrected chi connectivity index (χ0v) is 22.5. The molecule has 3 fully saturated rings. The molecule has 3 unspecified atom stereocenters. The SMILES string of the molecule is CCOC(=O)[C@H]1[C@@H]2SC3(CC2Br)C(C(=O)Nc2ccc(OC)cc2)N(CCCCCCO)C(=O)[C@H]13. The second kappa shape index (κ2) is 11.1. The average Bonchev–Trinajstić information content (AvgIpc) is 3.43. The maximum absolute atomic E-state index is 13.8. The van der Waals surface area contributed by atoms with E-state index in [4.69, 9.17) is 14.6 Å². The number of amides is 2. The van der Waals surface area contributed by atoms with Crippen LogP contribution in [0.4, 0.5) is 5.69 Å². The number of nitrogens with one attached hydrogen (secondary N) is 1. The predicted molar refractivity (Wildman–Crippen MR) is 138 cm³/mol. The number of esters is 1. The molecule has 35 heavy (non-hydrogen) atoms. The molecule has 4 rings (SSSR count). The van der Waals surface area contributed by atoms with Crippen molar-refractivity contribution >= 4 is 51.2 Å². The number of hydrogen-bond donors (Lipinski definition) is 2. The number of carbonyl (C=O) groups is 3. The van der Waals surface area contributed by atoms with Gasteiger partial charge in [-0.05, 0) is 50.5 Å². The van der Waals surface area contributed by atoms with Gasteiger partial charge in [0, 0.05) is 28.9 Å². The molecule has 1 spiro atoms. The first-order chi connectivity index (χ1) is 16.9. The summed E-state index contributed by atoms with van der Waals surface area (Å²) in [5, 5.41) is 12.0. The number of thioether (sulfide) groups is 1. The van der Waals surface area contributed by atoms with Gasteiger partial charge in [-0.15, -0.1) is 11.8 Å². The van der Waals surface area contributed by atoms with Crippen LogP contribution in [0.1, 0.15) is 39.0 Å². The van der Waals surface area contributed by atoms with Crippen molar-refractivity contribution in [3.05, 3.63) is 24.3 Å². The number of nitrogens with zero attached hydrogens (tertiary/aromatic N) is 1. The fraction of sp³-hybridized carbons (Fsp3) is 0.640. The number of alkyl halides is 1. The Balaban J connectivity index is 1.62. The quantitative estimate of drug-likeness (QED) is 0.240. The minimum Gasteiger partial charge on any atom is -0.497 e. The van der Waals surface area contributed by atoms with E-state index < -0.39 is 22.6 Å². The number of ether oxygens (including phenoxy) is 2. The Morgan fingerprint density at radius 2 is 1.94 bits per heavy atom. The molecule has 10 heteroatoms. The van der Waals surface area contributed by atoms with Crippen molar-refractivity contribution in [2.24, 2.45) is 11.8 Å². The van der Waals surface area contributed by atoms with Crippen molar-refractivity contribution in [1.29, 1.82) is 0 Å². The number of fused-ring (bicyclic) bond motifs is 1. The van der Waals surface area contributed by atoms with Gasteiger partial charge in [-0.2, -0.15) is 0 Å². The Hall–Kier alpha value is -1.78. The van der Waals surface area contributed by atoms with Crippen LogP contribution >= 0.6 is 27.7 Å². The van der Waals surface area contributed by atoms with E-state index >= 15 is 0 Å². The fourth-order valence-corrected chi connectivity index (χ4v) is 9.41. The summed E-state index contributed by atoms with van der Waals surface area (Å²) >= 11 is 5.34. The van der Waals surface area contributed by atoms with Gasteiger partial charge in [0.05, 0.1) is 30.3 Å². The lowest BCUT2D eigenvalue weighted by atomic mass is 9.71. The minimum absolute atomic E-state index is 0.0201. The third-order valence-electron chi connectivity index (χ3n) is 7.26. The Morgan fingerprint density at radius 1 is 1.23 bits per heavy atom. The molecule has 0 aliphatic carbocycles. The van der Waals surface area contributed by atoms with Crippen LogP contribution in [0.2, 0.25) is 0 Å². The van der Waals surface area contributed by atoms with Gasteiger partial charge in [0.15, 0.2) is 0 Å². The average molecular weight is 570 g/mol. The summed E-state index contributed by atoms with van der Waals surface area (Å²) in [4.78, 5) is 42.3. The lowest BCUT2D eigenvalue weighted by molar-refractivity contribution is -0.153. The Bertz CT molecular complexity index is 946. The topological polar surface area (TPSA) is 105 Å². The van der Waals surface area contributed by atoms with E-state index in [-0.39, 0.29) is 41.1 Å². The molecule has 8 nitrogen and oxygen atoms in total. The normalized spacial score (nSPS) is 30.9. The van der Waals surface area contributed by atoms with Crippen molar-refractivity contribution in [3.8, 4) is 5.75 Å². The monoisotopic (exact) mass is 568 g/mol. The predicted octanol–water partition coefficient (Wildman–Crippen LogP) is 3.21. The number of halogens is 1. The number of aliphatic hydroxyl groups excluding tert-OH is 1. The number of unbranched alkanes of at least 4 members (excludes halogenated alkanes) is 3. The van der Waals surface area contributed by atoms with Gasteiger partial charge in [-0.25, -0.2) is 0 Å². The van der Waals surface area contributed by atoms with E-state index in [0.29, 0.717) is 24.4 Å². The van der Waals surface area contributed by atoms with Crippen LogP contribution in [-0.4, -0.2) is 75.5 Å². The van der Waals surface area contributed by atoms with Crippen LogP contribution in [0.3, 0.4) is 0 Å². The van der Waals surface area contributed by atoms with Crippen molar-refractivity contribution in [2.75, 3.05) is 32.2 Å². The summed E-state index contributed by atoms with van der Waals surface area (Å²) in [6.07, 6.45) is 3.80. The molecule has 2 bridgehead atoms. The van der Waals surface area contributed by atoms with E-state index in [2.05, 4.69) is 21.2 Å².